The fourth-order valence-electron chi connectivity index (χ4n) is 7.29. The summed E-state index contributed by atoms with van der Waals surface area (Å²) in [6.45, 7) is 4.85. The highest BCUT2D eigenvalue weighted by atomic mass is 32.2. The summed E-state index contributed by atoms with van der Waals surface area (Å²) in [5.74, 6) is -3.31. The van der Waals surface area contributed by atoms with E-state index in [9.17, 15) is 40.8 Å². The molecule has 2 aliphatic carbocycles. The van der Waals surface area contributed by atoms with E-state index in [-0.39, 0.29) is 31.2 Å². The van der Waals surface area contributed by atoms with Gasteiger partial charge in [0, 0.05) is 23.9 Å². The molecule has 2 saturated carbocycles. The van der Waals surface area contributed by atoms with Crippen molar-refractivity contribution in [1.82, 2.24) is 25.2 Å². The Labute approximate surface area is 311 Å². The summed E-state index contributed by atoms with van der Waals surface area (Å²) in [6.07, 6.45) is 0.482. The maximum atomic E-state index is 14.6. The molecule has 6 rings (SSSR count). The van der Waals surface area contributed by atoms with Crippen molar-refractivity contribution < 1.29 is 50.2 Å². The van der Waals surface area contributed by atoms with E-state index in [0.717, 1.165) is 5.39 Å². The van der Waals surface area contributed by atoms with Gasteiger partial charge in [0.1, 0.15) is 23.7 Å². The Balaban J connectivity index is 1.34. The third-order valence-electron chi connectivity index (χ3n) is 10.8. The van der Waals surface area contributed by atoms with Crippen molar-refractivity contribution in [1.29, 1.82) is 0 Å². The van der Waals surface area contributed by atoms with Gasteiger partial charge in [-0.1, -0.05) is 44.2 Å². The zero-order valence-corrected chi connectivity index (χ0v) is 31.3. The third kappa shape index (κ3) is 8.30. The minimum atomic E-state index is -4.90. The predicted molar refractivity (Wildman–Crippen MR) is 190 cm³/mol. The molecule has 0 spiro atoms. The van der Waals surface area contributed by atoms with Gasteiger partial charge in [0.2, 0.25) is 33.3 Å². The van der Waals surface area contributed by atoms with Crippen molar-refractivity contribution in [3.8, 4) is 5.88 Å². The highest BCUT2D eigenvalue weighted by Crippen LogP contribution is 2.46. The Kier molecular flexibility index (Phi) is 10.7. The second kappa shape index (κ2) is 14.7. The summed E-state index contributed by atoms with van der Waals surface area (Å²) in [4.78, 5) is 61.3. The number of ether oxygens (including phenoxy) is 2. The molecule has 1 aromatic carbocycles. The molecule has 0 unspecified atom stereocenters. The van der Waals surface area contributed by atoms with Gasteiger partial charge in [-0.25, -0.2) is 18.2 Å². The van der Waals surface area contributed by atoms with Crippen molar-refractivity contribution >= 4 is 44.6 Å². The first kappa shape index (κ1) is 39.3. The number of halogens is 3. The molecule has 4 amide bonds. The number of carbonyl (C=O) groups excluding carboxylic acids is 4. The summed E-state index contributed by atoms with van der Waals surface area (Å²) in [5.41, 5.74) is -4.48. The Bertz CT molecular complexity index is 1930. The number of alkyl halides is 3. The average molecular weight is 778 g/mol. The van der Waals surface area contributed by atoms with Gasteiger partial charge in [0.15, 0.2) is 0 Å². The molecule has 4 aliphatic rings. The van der Waals surface area contributed by atoms with E-state index in [0.29, 0.717) is 51.3 Å². The van der Waals surface area contributed by atoms with Gasteiger partial charge in [0.05, 0.1) is 11.8 Å². The minimum Gasteiger partial charge on any atom is -0.472 e. The zero-order valence-electron chi connectivity index (χ0n) is 30.5. The Hall–Kier alpha value is -4.41. The van der Waals surface area contributed by atoms with Gasteiger partial charge in [-0.2, -0.15) is 13.2 Å². The van der Waals surface area contributed by atoms with Crippen molar-refractivity contribution in [3.05, 3.63) is 48.7 Å². The molecule has 7 atom stereocenters. The SMILES string of the molecule is C[C@@H]1CC/C=C\[C@@H]2C[C@@]2(C(=O)NS(=O)(=O)C2CC2)NC(=O)[C@@H]2C[C@@H](Oc3nccc4ccccc34)CN2C(=O)[C@@H](NC(=O)OC(C)(C)C(F)(F)F)[C@H](C)C1. The highest BCUT2D eigenvalue weighted by Gasteiger charge is 2.62. The maximum Gasteiger partial charge on any atom is 0.427 e. The van der Waals surface area contributed by atoms with Gasteiger partial charge in [-0.05, 0) is 81.7 Å². The lowest BCUT2D eigenvalue weighted by molar-refractivity contribution is -0.244. The number of hydrogen-bond acceptors (Lipinski definition) is 9. The van der Waals surface area contributed by atoms with E-state index >= 15 is 0 Å². The first-order chi connectivity index (χ1) is 25.3. The Morgan fingerprint density at radius 1 is 1.06 bits per heavy atom. The van der Waals surface area contributed by atoms with Crippen molar-refractivity contribution in [2.45, 2.75) is 113 Å². The molecule has 2 aromatic rings. The van der Waals surface area contributed by atoms with Crippen LogP contribution in [0.15, 0.2) is 48.7 Å². The van der Waals surface area contributed by atoms with E-state index in [1.54, 1.807) is 37.4 Å². The smallest absolute Gasteiger partial charge is 0.427 e. The number of amides is 4. The number of fused-ring (bicyclic) bond motifs is 3. The van der Waals surface area contributed by atoms with Crippen LogP contribution in [0.5, 0.6) is 5.88 Å². The normalized spacial score (nSPS) is 30.2. The number of hydrogen-bond donors (Lipinski definition) is 3. The average Bonchev–Trinajstić information content (AvgIpc) is 4.01. The highest BCUT2D eigenvalue weighted by molar-refractivity contribution is 7.91. The quantitative estimate of drug-likeness (QED) is 0.342. The largest absolute Gasteiger partial charge is 0.472 e. The van der Waals surface area contributed by atoms with Crippen molar-refractivity contribution in [3.63, 3.8) is 0 Å². The molecule has 294 valence electrons. The van der Waals surface area contributed by atoms with E-state index in [1.165, 1.54) is 4.90 Å². The van der Waals surface area contributed by atoms with Crippen LogP contribution in [0.3, 0.4) is 0 Å². The minimum absolute atomic E-state index is 0.0203. The van der Waals surface area contributed by atoms with Gasteiger partial charge in [-0.15, -0.1) is 0 Å². The fourth-order valence-corrected chi connectivity index (χ4v) is 8.65. The molecule has 0 bridgehead atoms. The van der Waals surface area contributed by atoms with Gasteiger partial charge in [-0.3, -0.25) is 19.1 Å². The second-order valence-electron chi connectivity index (χ2n) is 15.6. The van der Waals surface area contributed by atoms with Crippen LogP contribution in [-0.2, 0) is 29.1 Å². The number of nitrogens with one attached hydrogen (secondary N) is 3. The number of allylic oxidation sites excluding steroid dienone is 1. The summed E-state index contributed by atoms with van der Waals surface area (Å²) in [5, 5.41) is 5.98. The summed E-state index contributed by atoms with van der Waals surface area (Å²) >= 11 is 0. The molecule has 13 nitrogen and oxygen atoms in total. The Morgan fingerprint density at radius 3 is 2.48 bits per heavy atom. The van der Waals surface area contributed by atoms with E-state index in [2.05, 4.69) is 20.3 Å². The molecule has 3 heterocycles. The van der Waals surface area contributed by atoms with Crippen LogP contribution in [0.1, 0.15) is 72.6 Å². The van der Waals surface area contributed by atoms with Crippen LogP contribution in [0.4, 0.5) is 18.0 Å². The van der Waals surface area contributed by atoms with Crippen LogP contribution < -0.4 is 20.1 Å². The number of nitrogens with zero attached hydrogens (tertiary/aromatic N) is 2. The lowest BCUT2D eigenvalue weighted by Crippen LogP contribution is -2.59. The van der Waals surface area contributed by atoms with Crippen molar-refractivity contribution in [2.24, 2.45) is 17.8 Å². The van der Waals surface area contributed by atoms with Crippen molar-refractivity contribution in [2.75, 3.05) is 6.54 Å². The number of rotatable bonds is 7. The van der Waals surface area contributed by atoms with E-state index in [1.807, 2.05) is 25.1 Å². The number of alkyl carbamates (subject to hydrolysis) is 1. The molecule has 54 heavy (non-hydrogen) atoms. The molecule has 2 aliphatic heterocycles. The summed E-state index contributed by atoms with van der Waals surface area (Å²) in [7, 11) is -3.96. The summed E-state index contributed by atoms with van der Waals surface area (Å²) in [6, 6.07) is 6.42. The molecule has 3 fully saturated rings. The van der Waals surface area contributed by atoms with Crippen LogP contribution >= 0.6 is 0 Å². The topological polar surface area (TPSA) is 173 Å². The molecule has 3 N–H and O–H groups in total. The Morgan fingerprint density at radius 2 is 1.78 bits per heavy atom. The predicted octanol–water partition coefficient (Wildman–Crippen LogP) is 4.51. The second-order valence-corrected chi connectivity index (χ2v) is 17.6. The van der Waals surface area contributed by atoms with Gasteiger partial charge in [0.25, 0.3) is 5.91 Å². The molecule has 17 heteroatoms. The lowest BCUT2D eigenvalue weighted by atomic mass is 9.88. The van der Waals surface area contributed by atoms with Crippen LogP contribution in [0.25, 0.3) is 10.8 Å². The monoisotopic (exact) mass is 777 g/mol. The number of carbonyl (C=O) groups is 4. The fraction of sp³-hybridized carbons (Fsp3) is 0.595. The molecular weight excluding hydrogens is 731 g/mol. The van der Waals surface area contributed by atoms with Gasteiger partial charge >= 0.3 is 12.3 Å². The number of benzene rings is 1. The first-order valence-corrected chi connectivity index (χ1v) is 19.8. The third-order valence-corrected chi connectivity index (χ3v) is 12.7. The van der Waals surface area contributed by atoms with E-state index in [4.69, 9.17) is 9.47 Å². The van der Waals surface area contributed by atoms with Crippen LogP contribution in [-0.4, -0.2) is 89.4 Å². The first-order valence-electron chi connectivity index (χ1n) is 18.2. The molecular formula is C37H46F3N5O8S. The maximum absolute atomic E-state index is 14.6. The number of aromatic nitrogens is 1. The lowest BCUT2D eigenvalue weighted by Gasteiger charge is -2.34. The standard InChI is InChI=1S/C37H46F3N5O8S/c1-21-9-5-7-11-24-19-36(24,33(48)44-54(50,51)26-13-14-26)43-30(46)28-18-25(52-31-27-12-8-6-10-23(27)15-16-41-31)20-45(28)32(47)29(22(2)17-21)42-34(49)53-35(3,4)37(38,39)40/h6-8,10-12,15-16,21-22,24-26,28-29H,5,9,13-14,17-20H2,1-4H3,(H,42,49)(H,43,46)(H,44,48)/b11-7-/t21-,22-,24-,25-,28+,29+,36-/m1/s1. The molecule has 1 saturated heterocycles. The molecule has 0 radical (unpaired) electrons. The van der Waals surface area contributed by atoms with E-state index < -0.39 is 86.4 Å². The van der Waals surface area contributed by atoms with Gasteiger partial charge < -0.3 is 25.0 Å². The van der Waals surface area contributed by atoms with Crippen LogP contribution in [0, 0.1) is 17.8 Å². The molecule has 1 aromatic heterocycles. The summed E-state index contributed by atoms with van der Waals surface area (Å²) < 4.78 is 79.9. The number of pyridine rings is 1. The van der Waals surface area contributed by atoms with Crippen LogP contribution in [0.2, 0.25) is 0 Å². The zero-order chi connectivity index (χ0) is 39.2. The number of sulfonamides is 1.